The van der Waals surface area contributed by atoms with Gasteiger partial charge in [0.15, 0.2) is 18.1 Å². The molecule has 2 N–H and O–H groups in total. The second-order valence-electron chi connectivity index (χ2n) is 7.97. The van der Waals surface area contributed by atoms with Crippen LogP contribution >= 0.6 is 0 Å². The topological polar surface area (TPSA) is 83.7 Å². The van der Waals surface area contributed by atoms with Gasteiger partial charge in [0.05, 0.1) is 7.11 Å². The van der Waals surface area contributed by atoms with Gasteiger partial charge in [-0.3, -0.25) is 9.59 Å². The Labute approximate surface area is 187 Å². The summed E-state index contributed by atoms with van der Waals surface area (Å²) in [5.74, 6) is 0.973. The highest BCUT2D eigenvalue weighted by molar-refractivity contribution is 5.83. The van der Waals surface area contributed by atoms with Gasteiger partial charge in [-0.25, -0.2) is 0 Å². The third-order valence-electron chi connectivity index (χ3n) is 5.70. The number of hydrogen-bond acceptors (Lipinski definition) is 4. The summed E-state index contributed by atoms with van der Waals surface area (Å²) in [5.41, 5.74) is 2.28. The van der Waals surface area contributed by atoms with Gasteiger partial charge in [0, 0.05) is 42.7 Å². The zero-order chi connectivity index (χ0) is 22.3. The maximum absolute atomic E-state index is 12.7. The SMILES string of the molecule is COc1ccccc1OCC(=O)N(CCC(=O)NCCc1c[nH]c2ccccc12)C1CC1. The Morgan fingerprint density at radius 3 is 2.62 bits per heavy atom. The van der Waals surface area contributed by atoms with Crippen molar-refractivity contribution in [2.45, 2.75) is 31.7 Å². The number of amides is 2. The van der Waals surface area contributed by atoms with E-state index in [-0.39, 0.29) is 30.9 Å². The molecule has 32 heavy (non-hydrogen) atoms. The van der Waals surface area contributed by atoms with E-state index in [0.717, 1.165) is 24.8 Å². The molecule has 3 aromatic rings. The molecule has 1 aromatic heterocycles. The number of fused-ring (bicyclic) bond motifs is 1. The molecule has 2 amide bonds. The van der Waals surface area contributed by atoms with Crippen LogP contribution in [-0.4, -0.2) is 54.5 Å². The molecular formula is C25H29N3O4. The maximum Gasteiger partial charge on any atom is 0.260 e. The Bertz CT molecular complexity index is 1070. The minimum atomic E-state index is -0.106. The van der Waals surface area contributed by atoms with E-state index in [1.165, 1.54) is 10.9 Å². The molecule has 0 saturated heterocycles. The van der Waals surface area contributed by atoms with Gasteiger partial charge in [-0.1, -0.05) is 30.3 Å². The van der Waals surface area contributed by atoms with Crippen molar-refractivity contribution in [1.82, 2.24) is 15.2 Å². The molecule has 4 rings (SSSR count). The molecule has 0 aliphatic heterocycles. The van der Waals surface area contributed by atoms with Crippen LogP contribution in [0.5, 0.6) is 11.5 Å². The van der Waals surface area contributed by atoms with Gasteiger partial charge in [-0.2, -0.15) is 0 Å². The fourth-order valence-corrected chi connectivity index (χ4v) is 3.84. The minimum Gasteiger partial charge on any atom is -0.493 e. The molecule has 1 heterocycles. The first kappa shape index (κ1) is 21.7. The highest BCUT2D eigenvalue weighted by Crippen LogP contribution is 2.28. The predicted molar refractivity (Wildman–Crippen MR) is 123 cm³/mol. The lowest BCUT2D eigenvalue weighted by Crippen LogP contribution is -2.39. The Balaban J connectivity index is 1.22. The highest BCUT2D eigenvalue weighted by atomic mass is 16.5. The zero-order valence-electron chi connectivity index (χ0n) is 18.3. The summed E-state index contributed by atoms with van der Waals surface area (Å²) in [7, 11) is 1.57. The molecular weight excluding hydrogens is 406 g/mol. The van der Waals surface area contributed by atoms with Crippen molar-refractivity contribution in [2.75, 3.05) is 26.8 Å². The van der Waals surface area contributed by atoms with E-state index in [4.69, 9.17) is 9.47 Å². The zero-order valence-corrected chi connectivity index (χ0v) is 18.3. The summed E-state index contributed by atoms with van der Waals surface area (Å²) in [5, 5.41) is 4.16. The summed E-state index contributed by atoms with van der Waals surface area (Å²) in [6.45, 7) is 0.895. The minimum absolute atomic E-state index is 0.0473. The monoisotopic (exact) mass is 435 g/mol. The number of para-hydroxylation sites is 3. The Hall–Kier alpha value is -3.48. The number of carbonyl (C=O) groups excluding carboxylic acids is 2. The van der Waals surface area contributed by atoms with Crippen molar-refractivity contribution >= 4 is 22.7 Å². The Morgan fingerprint density at radius 1 is 1.09 bits per heavy atom. The molecule has 0 atom stereocenters. The van der Waals surface area contributed by atoms with E-state index in [9.17, 15) is 9.59 Å². The number of carbonyl (C=O) groups is 2. The van der Waals surface area contributed by atoms with Gasteiger partial charge in [0.2, 0.25) is 5.91 Å². The van der Waals surface area contributed by atoms with Crippen LogP contribution in [0, 0.1) is 0 Å². The lowest BCUT2D eigenvalue weighted by atomic mass is 10.1. The summed E-state index contributed by atoms with van der Waals surface area (Å²) in [4.78, 5) is 30.1. The fourth-order valence-electron chi connectivity index (χ4n) is 3.84. The second kappa shape index (κ2) is 10.2. The van der Waals surface area contributed by atoms with E-state index in [2.05, 4.69) is 16.4 Å². The molecule has 0 bridgehead atoms. The number of nitrogens with one attached hydrogen (secondary N) is 2. The Morgan fingerprint density at radius 2 is 1.84 bits per heavy atom. The molecule has 0 spiro atoms. The first-order valence-electron chi connectivity index (χ1n) is 11.0. The van der Waals surface area contributed by atoms with Gasteiger partial charge in [0.25, 0.3) is 5.91 Å². The van der Waals surface area contributed by atoms with Crippen LogP contribution in [0.3, 0.4) is 0 Å². The van der Waals surface area contributed by atoms with Gasteiger partial charge >= 0.3 is 0 Å². The van der Waals surface area contributed by atoms with Crippen molar-refractivity contribution in [3.05, 3.63) is 60.3 Å². The summed E-state index contributed by atoms with van der Waals surface area (Å²) in [6, 6.07) is 15.6. The average molecular weight is 436 g/mol. The van der Waals surface area contributed by atoms with Crippen molar-refractivity contribution in [1.29, 1.82) is 0 Å². The molecule has 2 aromatic carbocycles. The van der Waals surface area contributed by atoms with Gasteiger partial charge < -0.3 is 24.7 Å². The molecule has 0 radical (unpaired) electrons. The van der Waals surface area contributed by atoms with E-state index in [1.54, 1.807) is 24.1 Å². The van der Waals surface area contributed by atoms with Crippen LogP contribution in [0.25, 0.3) is 10.9 Å². The number of H-pyrrole nitrogens is 1. The van der Waals surface area contributed by atoms with Gasteiger partial charge in [-0.15, -0.1) is 0 Å². The van der Waals surface area contributed by atoms with Crippen molar-refractivity contribution in [3.63, 3.8) is 0 Å². The quantitative estimate of drug-likeness (QED) is 0.484. The number of nitrogens with zero attached hydrogens (tertiary/aromatic N) is 1. The second-order valence-corrected chi connectivity index (χ2v) is 7.97. The van der Waals surface area contributed by atoms with Crippen molar-refractivity contribution in [2.24, 2.45) is 0 Å². The number of benzene rings is 2. The molecule has 7 heteroatoms. The van der Waals surface area contributed by atoms with Crippen LogP contribution < -0.4 is 14.8 Å². The summed E-state index contributed by atoms with van der Waals surface area (Å²) in [6.07, 6.45) is 4.98. The number of methoxy groups -OCH3 is 1. The van der Waals surface area contributed by atoms with Gasteiger partial charge in [-0.05, 0) is 43.0 Å². The first-order chi connectivity index (χ1) is 15.7. The molecule has 7 nitrogen and oxygen atoms in total. The fraction of sp³-hybridized carbons (Fsp3) is 0.360. The normalized spacial score (nSPS) is 13.0. The third-order valence-corrected chi connectivity index (χ3v) is 5.70. The van der Waals surface area contributed by atoms with E-state index < -0.39 is 0 Å². The van der Waals surface area contributed by atoms with Crippen LogP contribution in [0.1, 0.15) is 24.8 Å². The smallest absolute Gasteiger partial charge is 0.260 e. The molecule has 1 aliphatic rings. The number of rotatable bonds is 11. The average Bonchev–Trinajstić information content (AvgIpc) is 3.58. The van der Waals surface area contributed by atoms with Crippen molar-refractivity contribution < 1.29 is 19.1 Å². The van der Waals surface area contributed by atoms with E-state index >= 15 is 0 Å². The standard InChI is InChI=1S/C25H29N3O4/c1-31-22-8-4-5-9-23(22)32-17-25(30)28(19-10-11-19)15-13-24(29)26-14-12-18-16-27-21-7-3-2-6-20(18)21/h2-9,16,19,27H,10-15,17H2,1H3,(H,26,29). The number of ether oxygens (including phenoxy) is 2. The number of aromatic nitrogens is 1. The van der Waals surface area contributed by atoms with Crippen LogP contribution in [-0.2, 0) is 16.0 Å². The largest absolute Gasteiger partial charge is 0.493 e. The summed E-state index contributed by atoms with van der Waals surface area (Å²) < 4.78 is 10.9. The molecule has 168 valence electrons. The maximum atomic E-state index is 12.7. The van der Waals surface area contributed by atoms with Gasteiger partial charge in [0.1, 0.15) is 0 Å². The third kappa shape index (κ3) is 5.41. The number of aromatic amines is 1. The lowest BCUT2D eigenvalue weighted by Gasteiger charge is -2.22. The molecule has 0 unspecified atom stereocenters. The van der Waals surface area contributed by atoms with Crippen LogP contribution in [0.2, 0.25) is 0 Å². The number of hydrogen-bond donors (Lipinski definition) is 2. The van der Waals surface area contributed by atoms with E-state index in [0.29, 0.717) is 24.6 Å². The van der Waals surface area contributed by atoms with Crippen molar-refractivity contribution in [3.8, 4) is 11.5 Å². The summed E-state index contributed by atoms with van der Waals surface area (Å²) >= 11 is 0. The first-order valence-corrected chi connectivity index (χ1v) is 11.0. The Kier molecular flexibility index (Phi) is 6.94. The van der Waals surface area contributed by atoms with E-state index in [1.807, 2.05) is 36.5 Å². The van der Waals surface area contributed by atoms with Crippen LogP contribution in [0.4, 0.5) is 0 Å². The molecule has 1 fully saturated rings. The molecule has 1 aliphatic carbocycles. The lowest BCUT2D eigenvalue weighted by molar-refractivity contribution is -0.134. The van der Waals surface area contributed by atoms with Crippen LogP contribution in [0.15, 0.2) is 54.7 Å². The highest BCUT2D eigenvalue weighted by Gasteiger charge is 2.32. The molecule has 1 saturated carbocycles. The predicted octanol–water partition coefficient (Wildman–Crippen LogP) is 3.30.